The van der Waals surface area contributed by atoms with E-state index >= 15 is 0 Å². The van der Waals surface area contributed by atoms with Crippen molar-refractivity contribution in [3.05, 3.63) is 52.2 Å². The van der Waals surface area contributed by atoms with Gasteiger partial charge in [0.25, 0.3) is 0 Å². The molecular weight excluding hydrogens is 275 g/mol. The van der Waals surface area contributed by atoms with Crippen molar-refractivity contribution in [1.29, 1.82) is 0 Å². The number of benzene rings is 1. The van der Waals surface area contributed by atoms with Gasteiger partial charge in [-0.15, -0.1) is 13.2 Å². The second kappa shape index (κ2) is 5.63. The summed E-state index contributed by atoms with van der Waals surface area (Å²) in [7, 11) is 0. The fourth-order valence-electron chi connectivity index (χ4n) is 1.70. The first kappa shape index (κ1) is 13.9. The van der Waals surface area contributed by atoms with Gasteiger partial charge in [0.15, 0.2) is 0 Å². The topological polar surface area (TPSA) is 35.2 Å². The third kappa shape index (κ3) is 4.25. The molecule has 2 rings (SSSR count). The minimum atomic E-state index is -4.67. The fraction of sp³-hybridized carbons (Fsp3) is 0.231. The van der Waals surface area contributed by atoms with Crippen LogP contribution in [-0.4, -0.2) is 6.36 Å². The van der Waals surface area contributed by atoms with Crippen LogP contribution in [0, 0.1) is 0 Å². The molecule has 6 heteroatoms. The van der Waals surface area contributed by atoms with E-state index < -0.39 is 6.36 Å². The highest BCUT2D eigenvalue weighted by Crippen LogP contribution is 2.25. The number of alkyl halides is 3. The standard InChI is InChI=1S/C13H12F3NOS/c14-13(15,16)18-11-3-1-10(2-4-11)12(17)7-9-5-6-19-8-9/h1-6,8,12H,7,17H2. The van der Waals surface area contributed by atoms with Gasteiger partial charge in [-0.3, -0.25) is 0 Å². The lowest BCUT2D eigenvalue weighted by molar-refractivity contribution is -0.274. The molecule has 0 amide bonds. The first-order valence-corrected chi connectivity index (χ1v) is 6.51. The Morgan fingerprint density at radius 1 is 1.16 bits per heavy atom. The third-order valence-electron chi connectivity index (χ3n) is 2.58. The van der Waals surface area contributed by atoms with E-state index in [-0.39, 0.29) is 11.8 Å². The molecule has 0 aliphatic rings. The summed E-state index contributed by atoms with van der Waals surface area (Å²) in [5, 5.41) is 3.96. The van der Waals surface area contributed by atoms with Crippen LogP contribution in [0.25, 0.3) is 0 Å². The van der Waals surface area contributed by atoms with Gasteiger partial charge in [0.1, 0.15) is 5.75 Å². The van der Waals surface area contributed by atoms with E-state index in [9.17, 15) is 13.2 Å². The Morgan fingerprint density at radius 2 is 1.84 bits per heavy atom. The molecule has 0 fully saturated rings. The summed E-state index contributed by atoms with van der Waals surface area (Å²) >= 11 is 1.59. The van der Waals surface area contributed by atoms with Crippen molar-refractivity contribution < 1.29 is 17.9 Å². The van der Waals surface area contributed by atoms with Crippen molar-refractivity contribution in [2.24, 2.45) is 5.73 Å². The zero-order valence-electron chi connectivity index (χ0n) is 9.85. The Balaban J connectivity index is 2.01. The van der Waals surface area contributed by atoms with Crippen LogP contribution in [0.5, 0.6) is 5.75 Å². The summed E-state index contributed by atoms with van der Waals surface area (Å²) in [6.07, 6.45) is -4.01. The van der Waals surface area contributed by atoms with E-state index in [4.69, 9.17) is 5.73 Å². The van der Waals surface area contributed by atoms with E-state index in [1.165, 1.54) is 12.1 Å². The molecule has 19 heavy (non-hydrogen) atoms. The van der Waals surface area contributed by atoms with Crippen molar-refractivity contribution in [1.82, 2.24) is 0 Å². The minimum absolute atomic E-state index is 0.237. The SMILES string of the molecule is NC(Cc1ccsc1)c1ccc(OC(F)(F)F)cc1. The van der Waals surface area contributed by atoms with Crippen LogP contribution in [0.3, 0.4) is 0 Å². The molecule has 0 radical (unpaired) electrons. The lowest BCUT2D eigenvalue weighted by atomic mass is 10.0. The van der Waals surface area contributed by atoms with Gasteiger partial charge in [-0.05, 0) is 46.5 Å². The first-order valence-electron chi connectivity index (χ1n) is 5.56. The normalized spacial score (nSPS) is 13.3. The molecular formula is C13H12F3NOS. The van der Waals surface area contributed by atoms with E-state index in [1.807, 2.05) is 16.8 Å². The van der Waals surface area contributed by atoms with Gasteiger partial charge >= 0.3 is 6.36 Å². The number of rotatable bonds is 4. The van der Waals surface area contributed by atoms with Gasteiger partial charge in [-0.1, -0.05) is 12.1 Å². The van der Waals surface area contributed by atoms with Crippen molar-refractivity contribution >= 4 is 11.3 Å². The van der Waals surface area contributed by atoms with Crippen LogP contribution in [0.2, 0.25) is 0 Å². The largest absolute Gasteiger partial charge is 0.573 e. The Hall–Kier alpha value is -1.53. The zero-order chi connectivity index (χ0) is 13.9. The molecule has 1 unspecified atom stereocenters. The van der Waals surface area contributed by atoms with E-state index in [1.54, 1.807) is 23.5 Å². The monoisotopic (exact) mass is 287 g/mol. The second-order valence-electron chi connectivity index (χ2n) is 4.06. The maximum Gasteiger partial charge on any atom is 0.573 e. The predicted octanol–water partition coefficient (Wildman–Crippen LogP) is 3.89. The Bertz CT molecular complexity index is 508. The summed E-state index contributed by atoms with van der Waals surface area (Å²) in [4.78, 5) is 0. The highest BCUT2D eigenvalue weighted by Gasteiger charge is 2.31. The molecule has 0 aliphatic heterocycles. The lowest BCUT2D eigenvalue weighted by Crippen LogP contribution is -2.17. The van der Waals surface area contributed by atoms with Crippen LogP contribution in [0.1, 0.15) is 17.2 Å². The van der Waals surface area contributed by atoms with Crippen LogP contribution in [-0.2, 0) is 6.42 Å². The van der Waals surface area contributed by atoms with E-state index in [0.29, 0.717) is 6.42 Å². The molecule has 0 aliphatic carbocycles. The molecule has 1 atom stereocenters. The molecule has 0 saturated heterocycles. The fourth-order valence-corrected chi connectivity index (χ4v) is 2.38. The van der Waals surface area contributed by atoms with Crippen LogP contribution >= 0.6 is 11.3 Å². The van der Waals surface area contributed by atoms with Crippen molar-refractivity contribution in [3.8, 4) is 5.75 Å². The number of hydrogen-bond donors (Lipinski definition) is 1. The van der Waals surface area contributed by atoms with Gasteiger partial charge in [0, 0.05) is 6.04 Å². The molecule has 2 aromatic rings. The van der Waals surface area contributed by atoms with Crippen LogP contribution in [0.4, 0.5) is 13.2 Å². The summed E-state index contributed by atoms with van der Waals surface area (Å²) in [6, 6.07) is 7.39. The molecule has 0 bridgehead atoms. The van der Waals surface area contributed by atoms with Gasteiger partial charge in [0.2, 0.25) is 0 Å². The van der Waals surface area contributed by atoms with Crippen molar-refractivity contribution in [3.63, 3.8) is 0 Å². The van der Waals surface area contributed by atoms with Gasteiger partial charge in [-0.2, -0.15) is 11.3 Å². The number of thiophene rings is 1. The molecule has 1 aromatic carbocycles. The highest BCUT2D eigenvalue weighted by atomic mass is 32.1. The molecule has 1 heterocycles. The molecule has 1 aromatic heterocycles. The second-order valence-corrected chi connectivity index (χ2v) is 4.84. The lowest BCUT2D eigenvalue weighted by Gasteiger charge is -2.13. The number of hydrogen-bond acceptors (Lipinski definition) is 3. The van der Waals surface area contributed by atoms with Gasteiger partial charge in [0.05, 0.1) is 0 Å². The number of ether oxygens (including phenoxy) is 1. The molecule has 102 valence electrons. The zero-order valence-corrected chi connectivity index (χ0v) is 10.7. The van der Waals surface area contributed by atoms with Gasteiger partial charge < -0.3 is 10.5 Å². The summed E-state index contributed by atoms with van der Waals surface area (Å²) in [5.41, 5.74) is 7.90. The van der Waals surface area contributed by atoms with Crippen LogP contribution < -0.4 is 10.5 Å². The summed E-state index contributed by atoms with van der Waals surface area (Å²) in [5.74, 6) is -0.237. The molecule has 2 nitrogen and oxygen atoms in total. The average molecular weight is 287 g/mol. The van der Waals surface area contributed by atoms with E-state index in [2.05, 4.69) is 4.74 Å². The Morgan fingerprint density at radius 3 is 2.37 bits per heavy atom. The van der Waals surface area contributed by atoms with Gasteiger partial charge in [-0.25, -0.2) is 0 Å². The quantitative estimate of drug-likeness (QED) is 0.926. The molecule has 0 saturated carbocycles. The molecule has 0 spiro atoms. The Labute approximate surface area is 112 Å². The van der Waals surface area contributed by atoms with Crippen molar-refractivity contribution in [2.75, 3.05) is 0 Å². The predicted molar refractivity (Wildman–Crippen MR) is 68.1 cm³/mol. The number of nitrogens with two attached hydrogens (primary N) is 1. The molecule has 2 N–H and O–H groups in total. The third-order valence-corrected chi connectivity index (χ3v) is 3.31. The minimum Gasteiger partial charge on any atom is -0.406 e. The van der Waals surface area contributed by atoms with E-state index in [0.717, 1.165) is 11.1 Å². The average Bonchev–Trinajstić information content (AvgIpc) is 2.80. The van der Waals surface area contributed by atoms with Crippen molar-refractivity contribution in [2.45, 2.75) is 18.8 Å². The smallest absolute Gasteiger partial charge is 0.406 e. The maximum absolute atomic E-state index is 12.0. The highest BCUT2D eigenvalue weighted by molar-refractivity contribution is 7.07. The Kier molecular flexibility index (Phi) is 4.11. The van der Waals surface area contributed by atoms with Crippen LogP contribution in [0.15, 0.2) is 41.1 Å². The first-order chi connectivity index (χ1) is 8.94. The summed E-state index contributed by atoms with van der Waals surface area (Å²) < 4.78 is 39.8. The summed E-state index contributed by atoms with van der Waals surface area (Å²) in [6.45, 7) is 0. The maximum atomic E-state index is 12.0. The number of halogens is 3.